The quantitative estimate of drug-likeness (QED) is 0.629. The zero-order valence-corrected chi connectivity index (χ0v) is 10.4. The van der Waals surface area contributed by atoms with Crippen molar-refractivity contribution in [3.8, 4) is 17.0 Å². The third-order valence-electron chi connectivity index (χ3n) is 2.80. The molecule has 0 amide bonds. The van der Waals surface area contributed by atoms with Gasteiger partial charge in [-0.15, -0.1) is 0 Å². The van der Waals surface area contributed by atoms with E-state index in [4.69, 9.17) is 4.74 Å². The number of halogens is 1. The Balaban J connectivity index is 2.76. The third-order valence-corrected chi connectivity index (χ3v) is 2.80. The van der Waals surface area contributed by atoms with Crippen molar-refractivity contribution in [1.29, 1.82) is 0 Å². The lowest BCUT2D eigenvalue weighted by Crippen LogP contribution is -1.99. The smallest absolute Gasteiger partial charge is 0.283 e. The molecule has 98 valence electrons. The lowest BCUT2D eigenvalue weighted by atomic mass is 10.0. The summed E-state index contributed by atoms with van der Waals surface area (Å²) in [6.45, 7) is 1.37. The Labute approximate surface area is 108 Å². The second-order valence-electron chi connectivity index (χ2n) is 3.89. The van der Waals surface area contributed by atoms with Gasteiger partial charge in [-0.05, 0) is 31.2 Å². The van der Waals surface area contributed by atoms with Crippen LogP contribution in [0.25, 0.3) is 11.1 Å². The summed E-state index contributed by atoms with van der Waals surface area (Å²) in [5.74, 6) is -0.352. The first-order valence-corrected chi connectivity index (χ1v) is 5.49. The van der Waals surface area contributed by atoms with Crippen molar-refractivity contribution >= 4 is 5.69 Å². The number of hydrogen-bond acceptors (Lipinski definition) is 4. The van der Waals surface area contributed by atoms with Gasteiger partial charge in [-0.2, -0.15) is 0 Å². The van der Waals surface area contributed by atoms with E-state index in [0.29, 0.717) is 5.56 Å². The summed E-state index contributed by atoms with van der Waals surface area (Å²) in [7, 11) is 1.42. The molecule has 1 aromatic heterocycles. The molecule has 2 rings (SSSR count). The van der Waals surface area contributed by atoms with Crippen molar-refractivity contribution < 1.29 is 14.1 Å². The first-order chi connectivity index (χ1) is 9.06. The van der Waals surface area contributed by atoms with Gasteiger partial charge in [0.15, 0.2) is 0 Å². The fourth-order valence-corrected chi connectivity index (χ4v) is 1.89. The molecular formula is C13H11FN2O3. The summed E-state index contributed by atoms with van der Waals surface area (Å²) < 4.78 is 18.5. The van der Waals surface area contributed by atoms with E-state index in [1.54, 1.807) is 12.1 Å². The number of nitrogens with zero attached hydrogens (tertiary/aromatic N) is 2. The molecular weight excluding hydrogens is 251 g/mol. The number of rotatable bonds is 3. The van der Waals surface area contributed by atoms with E-state index < -0.39 is 10.7 Å². The SMILES string of the molecule is COc1ncccc1-c1ccc(F)c(C)c1[N+](=O)[O-]. The Hall–Kier alpha value is -2.50. The summed E-state index contributed by atoms with van der Waals surface area (Å²) in [4.78, 5) is 14.5. The van der Waals surface area contributed by atoms with Gasteiger partial charge in [-0.25, -0.2) is 9.37 Å². The number of methoxy groups -OCH3 is 1. The maximum Gasteiger partial charge on any atom is 0.283 e. The van der Waals surface area contributed by atoms with Crippen molar-refractivity contribution in [2.75, 3.05) is 7.11 Å². The normalized spacial score (nSPS) is 10.3. The first kappa shape index (κ1) is 12.9. The third kappa shape index (κ3) is 2.24. The molecule has 1 aromatic carbocycles. The zero-order chi connectivity index (χ0) is 14.0. The number of benzene rings is 1. The number of hydrogen-bond donors (Lipinski definition) is 0. The summed E-state index contributed by atoms with van der Waals surface area (Å²) >= 11 is 0. The van der Waals surface area contributed by atoms with Gasteiger partial charge in [-0.3, -0.25) is 10.1 Å². The lowest BCUT2D eigenvalue weighted by molar-refractivity contribution is -0.384. The molecule has 6 heteroatoms. The van der Waals surface area contributed by atoms with Crippen LogP contribution in [-0.4, -0.2) is 17.0 Å². The fraction of sp³-hybridized carbons (Fsp3) is 0.154. The van der Waals surface area contributed by atoms with Gasteiger partial charge in [0.2, 0.25) is 5.88 Å². The first-order valence-electron chi connectivity index (χ1n) is 5.49. The lowest BCUT2D eigenvalue weighted by Gasteiger charge is -2.09. The van der Waals surface area contributed by atoms with Crippen molar-refractivity contribution in [2.24, 2.45) is 0 Å². The van der Waals surface area contributed by atoms with Crippen LogP contribution >= 0.6 is 0 Å². The summed E-state index contributed by atoms with van der Waals surface area (Å²) in [6.07, 6.45) is 1.52. The highest BCUT2D eigenvalue weighted by Gasteiger charge is 2.23. The second kappa shape index (κ2) is 5.01. The molecule has 5 nitrogen and oxygen atoms in total. The summed E-state index contributed by atoms with van der Waals surface area (Å²) in [5, 5.41) is 11.1. The minimum Gasteiger partial charge on any atom is -0.481 e. The second-order valence-corrected chi connectivity index (χ2v) is 3.89. The average molecular weight is 262 g/mol. The topological polar surface area (TPSA) is 65.3 Å². The van der Waals surface area contributed by atoms with Gasteiger partial charge in [0, 0.05) is 6.20 Å². The zero-order valence-electron chi connectivity index (χ0n) is 10.4. The fourth-order valence-electron chi connectivity index (χ4n) is 1.89. The number of ether oxygens (including phenoxy) is 1. The van der Waals surface area contributed by atoms with E-state index in [-0.39, 0.29) is 22.7 Å². The van der Waals surface area contributed by atoms with E-state index >= 15 is 0 Å². The van der Waals surface area contributed by atoms with Crippen molar-refractivity contribution in [3.05, 3.63) is 52.0 Å². The van der Waals surface area contributed by atoms with Crippen LogP contribution < -0.4 is 4.74 Å². The largest absolute Gasteiger partial charge is 0.481 e. The highest BCUT2D eigenvalue weighted by atomic mass is 19.1. The Morgan fingerprint density at radius 2 is 2.05 bits per heavy atom. The number of nitro benzene ring substituents is 1. The number of pyridine rings is 1. The van der Waals surface area contributed by atoms with Crippen molar-refractivity contribution in [1.82, 2.24) is 4.98 Å². The minimum atomic E-state index is -0.613. The van der Waals surface area contributed by atoms with E-state index in [9.17, 15) is 14.5 Å². The number of nitro groups is 1. The van der Waals surface area contributed by atoms with Crippen LogP contribution in [0.5, 0.6) is 5.88 Å². The summed E-state index contributed by atoms with van der Waals surface area (Å²) in [5.41, 5.74) is 0.466. The predicted octanol–water partition coefficient (Wildman–Crippen LogP) is 3.11. The van der Waals surface area contributed by atoms with Crippen LogP contribution in [-0.2, 0) is 0 Å². The molecule has 0 spiro atoms. The Morgan fingerprint density at radius 3 is 2.68 bits per heavy atom. The maximum absolute atomic E-state index is 13.5. The van der Waals surface area contributed by atoms with E-state index in [1.165, 1.54) is 32.4 Å². The molecule has 2 aromatic rings. The Morgan fingerprint density at radius 1 is 1.32 bits per heavy atom. The molecule has 0 unspecified atom stereocenters. The Bertz CT molecular complexity index is 644. The minimum absolute atomic E-state index is 0.00611. The van der Waals surface area contributed by atoms with Crippen LogP contribution in [0.3, 0.4) is 0 Å². The van der Waals surface area contributed by atoms with E-state index in [2.05, 4.69) is 4.98 Å². The van der Waals surface area contributed by atoms with Crippen LogP contribution in [0.1, 0.15) is 5.56 Å². The van der Waals surface area contributed by atoms with Crippen LogP contribution in [0.15, 0.2) is 30.5 Å². The van der Waals surface area contributed by atoms with E-state index in [0.717, 1.165) is 0 Å². The molecule has 19 heavy (non-hydrogen) atoms. The average Bonchev–Trinajstić information content (AvgIpc) is 2.41. The molecule has 0 bridgehead atoms. The molecule has 0 aliphatic carbocycles. The predicted molar refractivity (Wildman–Crippen MR) is 67.6 cm³/mol. The van der Waals surface area contributed by atoms with Crippen LogP contribution in [0.4, 0.5) is 10.1 Å². The van der Waals surface area contributed by atoms with Crippen molar-refractivity contribution in [2.45, 2.75) is 6.92 Å². The van der Waals surface area contributed by atoms with Gasteiger partial charge < -0.3 is 4.74 Å². The van der Waals surface area contributed by atoms with Gasteiger partial charge in [0.1, 0.15) is 5.82 Å². The molecule has 0 fully saturated rings. The molecule has 0 saturated heterocycles. The highest BCUT2D eigenvalue weighted by molar-refractivity contribution is 5.78. The monoisotopic (exact) mass is 262 g/mol. The summed E-state index contributed by atoms with van der Waals surface area (Å²) in [6, 6.07) is 5.84. The molecule has 0 aliphatic rings. The van der Waals surface area contributed by atoms with E-state index in [1.807, 2.05) is 0 Å². The number of aromatic nitrogens is 1. The molecule has 0 aliphatic heterocycles. The Kier molecular flexibility index (Phi) is 3.41. The maximum atomic E-state index is 13.5. The molecule has 0 N–H and O–H groups in total. The van der Waals surface area contributed by atoms with Crippen LogP contribution in [0.2, 0.25) is 0 Å². The van der Waals surface area contributed by atoms with Gasteiger partial charge in [-0.1, -0.05) is 0 Å². The van der Waals surface area contributed by atoms with Gasteiger partial charge in [0.05, 0.1) is 28.7 Å². The molecule has 0 atom stereocenters. The molecule has 0 saturated carbocycles. The van der Waals surface area contributed by atoms with Gasteiger partial charge >= 0.3 is 0 Å². The highest BCUT2D eigenvalue weighted by Crippen LogP contribution is 2.37. The van der Waals surface area contributed by atoms with Crippen molar-refractivity contribution in [3.63, 3.8) is 0 Å². The standard InChI is InChI=1S/C13H11FN2O3/c1-8-11(14)6-5-9(12(8)16(17)18)10-4-3-7-15-13(10)19-2/h3-7H,1-2H3. The molecule has 0 radical (unpaired) electrons. The van der Waals surface area contributed by atoms with Crippen LogP contribution in [0, 0.1) is 22.9 Å². The molecule has 1 heterocycles. The van der Waals surface area contributed by atoms with Gasteiger partial charge in [0.25, 0.3) is 5.69 Å².